The van der Waals surface area contributed by atoms with Crippen LogP contribution in [0.3, 0.4) is 0 Å². The Kier molecular flexibility index (Phi) is 6.28. The van der Waals surface area contributed by atoms with E-state index in [1.54, 1.807) is 18.4 Å². The average molecular weight is 358 g/mol. The summed E-state index contributed by atoms with van der Waals surface area (Å²) in [6, 6.07) is 8.47. The Balaban J connectivity index is 1.47. The maximum absolute atomic E-state index is 4.65. The Labute approximate surface area is 154 Å². The SMILES string of the molecule is CN=C(NCc1ccc(N2CCC(C)CC2)nc1)NCc1cccs1. The van der Waals surface area contributed by atoms with Gasteiger partial charge >= 0.3 is 0 Å². The summed E-state index contributed by atoms with van der Waals surface area (Å²) in [5.41, 5.74) is 1.16. The second-order valence-corrected chi connectivity index (χ2v) is 7.59. The summed E-state index contributed by atoms with van der Waals surface area (Å²) in [4.78, 5) is 12.6. The largest absolute Gasteiger partial charge is 0.357 e. The number of hydrogen-bond donors (Lipinski definition) is 2. The van der Waals surface area contributed by atoms with E-state index >= 15 is 0 Å². The highest BCUT2D eigenvalue weighted by Crippen LogP contribution is 2.21. The van der Waals surface area contributed by atoms with Gasteiger partial charge < -0.3 is 15.5 Å². The van der Waals surface area contributed by atoms with Crippen LogP contribution in [0.4, 0.5) is 5.82 Å². The number of piperidine rings is 1. The summed E-state index contributed by atoms with van der Waals surface area (Å²) in [5, 5.41) is 8.76. The zero-order valence-corrected chi connectivity index (χ0v) is 15.9. The molecule has 1 fully saturated rings. The van der Waals surface area contributed by atoms with Gasteiger partial charge in [-0.25, -0.2) is 4.98 Å². The molecule has 134 valence electrons. The predicted octanol–water partition coefficient (Wildman–Crippen LogP) is 3.24. The fourth-order valence-electron chi connectivity index (χ4n) is 2.94. The van der Waals surface area contributed by atoms with E-state index in [9.17, 15) is 0 Å². The molecule has 0 spiro atoms. The normalized spacial score (nSPS) is 16.1. The van der Waals surface area contributed by atoms with E-state index < -0.39 is 0 Å². The van der Waals surface area contributed by atoms with Gasteiger partial charge in [0.15, 0.2) is 5.96 Å². The standard InChI is InChI=1S/C19H27N5S/c1-15-7-9-24(10-8-15)18-6-5-16(12-21-18)13-22-19(20-2)23-14-17-4-3-11-25-17/h3-6,11-12,15H,7-10,13-14H2,1-2H3,(H2,20,22,23). The maximum Gasteiger partial charge on any atom is 0.191 e. The third kappa shape index (κ3) is 5.19. The predicted molar refractivity (Wildman–Crippen MR) is 106 cm³/mol. The minimum Gasteiger partial charge on any atom is -0.357 e. The van der Waals surface area contributed by atoms with Gasteiger partial charge in [-0.05, 0) is 41.8 Å². The van der Waals surface area contributed by atoms with Crippen molar-refractivity contribution in [2.75, 3.05) is 25.0 Å². The molecule has 0 saturated carbocycles. The number of hydrogen-bond acceptors (Lipinski definition) is 4. The number of guanidine groups is 1. The second-order valence-electron chi connectivity index (χ2n) is 6.55. The Bertz CT molecular complexity index is 658. The molecule has 6 heteroatoms. The molecule has 0 unspecified atom stereocenters. The number of pyridine rings is 1. The van der Waals surface area contributed by atoms with Crippen LogP contribution >= 0.6 is 11.3 Å². The first-order valence-corrected chi connectivity index (χ1v) is 9.79. The molecule has 0 aliphatic carbocycles. The first-order chi connectivity index (χ1) is 12.2. The van der Waals surface area contributed by atoms with Crippen molar-refractivity contribution in [3.8, 4) is 0 Å². The highest BCUT2D eigenvalue weighted by Gasteiger charge is 2.16. The molecule has 25 heavy (non-hydrogen) atoms. The van der Waals surface area contributed by atoms with Crippen LogP contribution in [0.25, 0.3) is 0 Å². The molecule has 2 aromatic heterocycles. The van der Waals surface area contributed by atoms with Gasteiger partial charge in [0.05, 0.1) is 6.54 Å². The molecule has 0 aromatic carbocycles. The summed E-state index contributed by atoms with van der Waals surface area (Å²) in [5.74, 6) is 2.74. The first kappa shape index (κ1) is 17.7. The maximum atomic E-state index is 4.65. The highest BCUT2D eigenvalue weighted by molar-refractivity contribution is 7.09. The van der Waals surface area contributed by atoms with E-state index in [0.29, 0.717) is 6.54 Å². The first-order valence-electron chi connectivity index (χ1n) is 8.91. The molecule has 0 amide bonds. The van der Waals surface area contributed by atoms with Gasteiger partial charge in [0, 0.05) is 37.8 Å². The lowest BCUT2D eigenvalue weighted by Crippen LogP contribution is -2.36. The van der Waals surface area contributed by atoms with Crippen LogP contribution in [0.2, 0.25) is 0 Å². The fraction of sp³-hybridized carbons (Fsp3) is 0.474. The number of aliphatic imine (C=N–C) groups is 1. The lowest BCUT2D eigenvalue weighted by atomic mass is 9.99. The molecule has 0 radical (unpaired) electrons. The summed E-state index contributed by atoms with van der Waals surface area (Å²) in [6.45, 7) is 6.07. The van der Waals surface area contributed by atoms with Crippen LogP contribution in [-0.4, -0.2) is 31.1 Å². The lowest BCUT2D eigenvalue weighted by Gasteiger charge is -2.31. The highest BCUT2D eigenvalue weighted by atomic mass is 32.1. The number of aromatic nitrogens is 1. The number of nitrogens with one attached hydrogen (secondary N) is 2. The fourth-order valence-corrected chi connectivity index (χ4v) is 3.58. The van der Waals surface area contributed by atoms with E-state index in [-0.39, 0.29) is 0 Å². The van der Waals surface area contributed by atoms with Gasteiger partial charge in [-0.1, -0.05) is 19.1 Å². The Morgan fingerprint density at radius 1 is 1.24 bits per heavy atom. The van der Waals surface area contributed by atoms with Gasteiger partial charge in [-0.2, -0.15) is 0 Å². The van der Waals surface area contributed by atoms with Gasteiger partial charge in [0.1, 0.15) is 5.82 Å². The molecular formula is C19H27N5S. The smallest absolute Gasteiger partial charge is 0.191 e. The van der Waals surface area contributed by atoms with E-state index in [1.165, 1.54) is 17.7 Å². The van der Waals surface area contributed by atoms with Crippen LogP contribution in [0.5, 0.6) is 0 Å². The van der Waals surface area contributed by atoms with Crippen molar-refractivity contribution in [1.29, 1.82) is 0 Å². The van der Waals surface area contributed by atoms with E-state index in [0.717, 1.165) is 42.9 Å². The molecule has 2 N–H and O–H groups in total. The zero-order chi connectivity index (χ0) is 17.5. The Morgan fingerprint density at radius 2 is 2.04 bits per heavy atom. The van der Waals surface area contributed by atoms with Crippen molar-refractivity contribution in [2.45, 2.75) is 32.9 Å². The number of nitrogens with zero attached hydrogens (tertiary/aromatic N) is 3. The quantitative estimate of drug-likeness (QED) is 0.637. The van der Waals surface area contributed by atoms with Gasteiger partial charge in [0.2, 0.25) is 0 Å². The number of anilines is 1. The molecule has 0 bridgehead atoms. The van der Waals surface area contributed by atoms with Crippen LogP contribution in [0, 0.1) is 5.92 Å². The monoisotopic (exact) mass is 357 g/mol. The lowest BCUT2D eigenvalue weighted by molar-refractivity contribution is 0.436. The molecule has 3 rings (SSSR count). The number of thiophene rings is 1. The Hall–Kier alpha value is -2.08. The van der Waals surface area contributed by atoms with Crippen molar-refractivity contribution < 1.29 is 0 Å². The molecule has 2 aromatic rings. The van der Waals surface area contributed by atoms with Crippen molar-refractivity contribution >= 4 is 23.1 Å². The van der Waals surface area contributed by atoms with Crippen LogP contribution in [0.1, 0.15) is 30.2 Å². The van der Waals surface area contributed by atoms with Crippen LogP contribution in [0.15, 0.2) is 40.8 Å². The molecule has 1 aliphatic rings. The summed E-state index contributed by atoms with van der Waals surface area (Å²) >= 11 is 1.75. The molecule has 0 atom stereocenters. The minimum atomic E-state index is 0.717. The van der Waals surface area contributed by atoms with Crippen LogP contribution in [-0.2, 0) is 13.1 Å². The Morgan fingerprint density at radius 3 is 2.68 bits per heavy atom. The average Bonchev–Trinajstić information content (AvgIpc) is 3.17. The second kappa shape index (κ2) is 8.85. The van der Waals surface area contributed by atoms with Crippen LogP contribution < -0.4 is 15.5 Å². The zero-order valence-electron chi connectivity index (χ0n) is 15.0. The molecular weight excluding hydrogens is 330 g/mol. The summed E-state index contributed by atoms with van der Waals surface area (Å²) in [7, 11) is 1.79. The van der Waals surface area contributed by atoms with E-state index in [2.05, 4.69) is 62.1 Å². The van der Waals surface area contributed by atoms with Crippen molar-refractivity contribution in [2.24, 2.45) is 10.9 Å². The molecule has 5 nitrogen and oxygen atoms in total. The van der Waals surface area contributed by atoms with Crippen molar-refractivity contribution in [1.82, 2.24) is 15.6 Å². The van der Waals surface area contributed by atoms with Gasteiger partial charge in [-0.15, -0.1) is 11.3 Å². The van der Waals surface area contributed by atoms with Gasteiger partial charge in [-0.3, -0.25) is 4.99 Å². The van der Waals surface area contributed by atoms with E-state index in [1.807, 2.05) is 6.20 Å². The topological polar surface area (TPSA) is 52.6 Å². The van der Waals surface area contributed by atoms with Crippen molar-refractivity contribution in [3.05, 3.63) is 46.3 Å². The number of rotatable bonds is 5. The molecule has 1 saturated heterocycles. The summed E-state index contributed by atoms with van der Waals surface area (Å²) in [6.07, 6.45) is 4.49. The van der Waals surface area contributed by atoms with Gasteiger partial charge in [0.25, 0.3) is 0 Å². The minimum absolute atomic E-state index is 0.717. The van der Waals surface area contributed by atoms with E-state index in [4.69, 9.17) is 0 Å². The third-order valence-electron chi connectivity index (χ3n) is 4.61. The summed E-state index contributed by atoms with van der Waals surface area (Å²) < 4.78 is 0. The van der Waals surface area contributed by atoms with Crippen molar-refractivity contribution in [3.63, 3.8) is 0 Å². The third-order valence-corrected chi connectivity index (χ3v) is 5.49. The molecule has 1 aliphatic heterocycles. The molecule has 3 heterocycles.